The van der Waals surface area contributed by atoms with Crippen LogP contribution in [0, 0.1) is 5.41 Å². The van der Waals surface area contributed by atoms with Crippen LogP contribution in [0.4, 0.5) is 0 Å². The van der Waals surface area contributed by atoms with Crippen LogP contribution in [-0.4, -0.2) is 19.1 Å². The molecule has 2 rings (SSSR count). The number of ether oxygens (including phenoxy) is 2. The highest BCUT2D eigenvalue weighted by Crippen LogP contribution is 2.39. The fourth-order valence-electron chi connectivity index (χ4n) is 2.31. The molecule has 1 fully saturated rings. The van der Waals surface area contributed by atoms with Crippen molar-refractivity contribution < 1.29 is 9.47 Å². The second-order valence-electron chi connectivity index (χ2n) is 6.01. The Hall–Kier alpha value is -0.570. The minimum Gasteiger partial charge on any atom is -0.345 e. The number of hydrogen-bond acceptors (Lipinski definition) is 2. The van der Waals surface area contributed by atoms with Gasteiger partial charge in [0.25, 0.3) is 0 Å². The van der Waals surface area contributed by atoms with Gasteiger partial charge in [-0.25, -0.2) is 0 Å². The Kier molecular flexibility index (Phi) is 4.88. The number of benzene rings is 1. The molecule has 2 nitrogen and oxygen atoms in total. The van der Waals surface area contributed by atoms with Crippen molar-refractivity contribution in [3.63, 3.8) is 0 Å². The first kappa shape index (κ1) is 14.8. The third-order valence-electron chi connectivity index (χ3n) is 3.50. The minimum absolute atomic E-state index is 0.0881. The second-order valence-corrected chi connectivity index (χ2v) is 6.38. The summed E-state index contributed by atoms with van der Waals surface area (Å²) in [6.45, 7) is 5.78. The fraction of sp³-hybridized carbons (Fsp3) is 0.625. The number of rotatable bonds is 5. The van der Waals surface area contributed by atoms with Crippen LogP contribution in [0.15, 0.2) is 30.3 Å². The number of hydrogen-bond donors (Lipinski definition) is 0. The molecule has 0 saturated carbocycles. The second kappa shape index (κ2) is 6.25. The Balaban J connectivity index is 2.15. The molecule has 0 radical (unpaired) electrons. The summed E-state index contributed by atoms with van der Waals surface area (Å²) in [5.41, 5.74) is 1.20. The summed E-state index contributed by atoms with van der Waals surface area (Å²) in [6.07, 6.45) is 2.87. The smallest absolute Gasteiger partial charge is 0.194 e. The summed E-state index contributed by atoms with van der Waals surface area (Å²) < 4.78 is 12.3. The largest absolute Gasteiger partial charge is 0.345 e. The molecule has 0 aromatic heterocycles. The molecule has 106 valence electrons. The van der Waals surface area contributed by atoms with Gasteiger partial charge < -0.3 is 9.47 Å². The van der Waals surface area contributed by atoms with Crippen LogP contribution in [0.2, 0.25) is 0 Å². The van der Waals surface area contributed by atoms with Crippen LogP contribution in [0.25, 0.3) is 0 Å². The molecule has 1 aromatic carbocycles. The summed E-state index contributed by atoms with van der Waals surface area (Å²) in [5, 5.41) is 0. The molecule has 3 heteroatoms. The zero-order valence-corrected chi connectivity index (χ0v) is 12.6. The summed E-state index contributed by atoms with van der Waals surface area (Å²) in [5.74, 6) is 0.110. The van der Waals surface area contributed by atoms with Crippen LogP contribution in [0.5, 0.6) is 0 Å². The molecule has 0 atom stereocenters. The van der Waals surface area contributed by atoms with Crippen LogP contribution in [0.3, 0.4) is 0 Å². The lowest BCUT2D eigenvalue weighted by atomic mass is 9.91. The van der Waals surface area contributed by atoms with Crippen LogP contribution >= 0.6 is 11.6 Å². The van der Waals surface area contributed by atoms with E-state index in [1.807, 2.05) is 18.2 Å². The van der Waals surface area contributed by atoms with E-state index in [1.54, 1.807) is 0 Å². The Labute approximate surface area is 121 Å². The molecule has 0 unspecified atom stereocenters. The van der Waals surface area contributed by atoms with E-state index in [-0.39, 0.29) is 5.41 Å². The summed E-state index contributed by atoms with van der Waals surface area (Å²) >= 11 is 5.77. The lowest BCUT2D eigenvalue weighted by molar-refractivity contribution is -0.311. The monoisotopic (exact) mass is 282 g/mol. The molecular weight excluding hydrogens is 260 g/mol. The van der Waals surface area contributed by atoms with Gasteiger partial charge in [-0.05, 0) is 12.8 Å². The number of alkyl halides is 1. The quantitative estimate of drug-likeness (QED) is 0.591. The maximum absolute atomic E-state index is 6.15. The standard InChI is InChI=1S/C16H23ClO2/c1-15(2)12-18-16(19-13-15,10-6-7-11-17)14-8-4-3-5-9-14/h3-5,8-9H,6-7,10-13H2,1-2H3. The van der Waals surface area contributed by atoms with E-state index in [2.05, 4.69) is 26.0 Å². The van der Waals surface area contributed by atoms with Crippen molar-refractivity contribution in [3.05, 3.63) is 35.9 Å². The van der Waals surface area contributed by atoms with E-state index in [4.69, 9.17) is 21.1 Å². The van der Waals surface area contributed by atoms with Crippen molar-refractivity contribution in [1.82, 2.24) is 0 Å². The van der Waals surface area contributed by atoms with E-state index in [1.165, 1.54) is 0 Å². The Morgan fingerprint density at radius 2 is 1.68 bits per heavy atom. The molecule has 0 spiro atoms. The highest BCUT2D eigenvalue weighted by atomic mass is 35.5. The Morgan fingerprint density at radius 3 is 2.26 bits per heavy atom. The summed E-state index contributed by atoms with van der Waals surface area (Å²) in [6, 6.07) is 10.2. The molecule has 1 aromatic rings. The normalized spacial score (nSPS) is 21.2. The molecule has 1 aliphatic rings. The van der Waals surface area contributed by atoms with Gasteiger partial charge in [-0.1, -0.05) is 44.2 Å². The zero-order valence-electron chi connectivity index (χ0n) is 11.8. The first-order valence-electron chi connectivity index (χ1n) is 6.97. The number of unbranched alkanes of at least 4 members (excludes halogenated alkanes) is 1. The Bertz CT molecular complexity index is 379. The third kappa shape index (κ3) is 3.71. The van der Waals surface area contributed by atoms with Gasteiger partial charge in [0.2, 0.25) is 0 Å². The molecular formula is C16H23ClO2. The zero-order chi connectivity index (χ0) is 13.8. The minimum atomic E-state index is -0.581. The maximum Gasteiger partial charge on any atom is 0.194 e. The average molecular weight is 283 g/mol. The maximum atomic E-state index is 6.15. The van der Waals surface area contributed by atoms with Crippen molar-refractivity contribution in [1.29, 1.82) is 0 Å². The van der Waals surface area contributed by atoms with E-state index in [0.717, 1.165) is 38.0 Å². The van der Waals surface area contributed by atoms with Gasteiger partial charge in [-0.15, -0.1) is 11.6 Å². The van der Waals surface area contributed by atoms with E-state index in [9.17, 15) is 0 Å². The molecule has 19 heavy (non-hydrogen) atoms. The predicted octanol–water partition coefficient (Wildman–Crippen LogP) is 4.32. The predicted molar refractivity (Wildman–Crippen MR) is 78.4 cm³/mol. The Morgan fingerprint density at radius 1 is 1.05 bits per heavy atom. The summed E-state index contributed by atoms with van der Waals surface area (Å²) in [7, 11) is 0. The van der Waals surface area contributed by atoms with Gasteiger partial charge in [0.1, 0.15) is 0 Å². The van der Waals surface area contributed by atoms with E-state index < -0.39 is 5.79 Å². The van der Waals surface area contributed by atoms with Crippen molar-refractivity contribution in [2.24, 2.45) is 5.41 Å². The highest BCUT2D eigenvalue weighted by Gasteiger charge is 2.41. The van der Waals surface area contributed by atoms with Gasteiger partial charge in [-0.2, -0.15) is 0 Å². The van der Waals surface area contributed by atoms with E-state index >= 15 is 0 Å². The topological polar surface area (TPSA) is 18.5 Å². The highest BCUT2D eigenvalue weighted by molar-refractivity contribution is 6.17. The third-order valence-corrected chi connectivity index (χ3v) is 3.76. The molecule has 1 saturated heterocycles. The molecule has 1 heterocycles. The van der Waals surface area contributed by atoms with E-state index in [0.29, 0.717) is 5.88 Å². The van der Waals surface area contributed by atoms with Gasteiger partial charge in [-0.3, -0.25) is 0 Å². The molecule has 0 N–H and O–H groups in total. The van der Waals surface area contributed by atoms with Gasteiger partial charge >= 0.3 is 0 Å². The van der Waals surface area contributed by atoms with Gasteiger partial charge in [0, 0.05) is 23.3 Å². The fourth-order valence-corrected chi connectivity index (χ4v) is 2.50. The van der Waals surface area contributed by atoms with Crippen LogP contribution < -0.4 is 0 Å². The molecule has 0 bridgehead atoms. The van der Waals surface area contributed by atoms with Crippen LogP contribution in [-0.2, 0) is 15.3 Å². The van der Waals surface area contributed by atoms with Crippen LogP contribution in [0.1, 0.15) is 38.7 Å². The SMILES string of the molecule is CC1(C)COC(CCCCCl)(c2ccccc2)OC1. The lowest BCUT2D eigenvalue weighted by Gasteiger charge is -2.44. The van der Waals surface area contributed by atoms with Gasteiger partial charge in [0.05, 0.1) is 13.2 Å². The molecule has 0 aliphatic carbocycles. The number of halogens is 1. The van der Waals surface area contributed by atoms with Crippen molar-refractivity contribution >= 4 is 11.6 Å². The first-order chi connectivity index (χ1) is 9.08. The first-order valence-corrected chi connectivity index (χ1v) is 7.51. The summed E-state index contributed by atoms with van der Waals surface area (Å²) in [4.78, 5) is 0. The van der Waals surface area contributed by atoms with Crippen molar-refractivity contribution in [3.8, 4) is 0 Å². The van der Waals surface area contributed by atoms with Crippen molar-refractivity contribution in [2.45, 2.75) is 38.9 Å². The molecule has 0 amide bonds. The van der Waals surface area contributed by atoms with Crippen molar-refractivity contribution in [2.75, 3.05) is 19.1 Å². The average Bonchev–Trinajstić information content (AvgIpc) is 2.42. The lowest BCUT2D eigenvalue weighted by Crippen LogP contribution is -2.45. The van der Waals surface area contributed by atoms with Gasteiger partial charge in [0.15, 0.2) is 5.79 Å². The molecule has 1 aliphatic heterocycles.